The van der Waals surface area contributed by atoms with E-state index in [0.29, 0.717) is 6.54 Å². The number of aromatic nitrogens is 1. The van der Waals surface area contributed by atoms with Crippen LogP contribution < -0.4 is 4.90 Å². The average molecular weight is 394 g/mol. The first-order valence-corrected chi connectivity index (χ1v) is 10.6. The summed E-state index contributed by atoms with van der Waals surface area (Å²) < 4.78 is 1.11. The van der Waals surface area contributed by atoms with Gasteiger partial charge in [0.1, 0.15) is 0 Å². The van der Waals surface area contributed by atoms with Gasteiger partial charge in [0.25, 0.3) is 5.91 Å². The number of anilines is 1. The zero-order valence-electron chi connectivity index (χ0n) is 16.8. The first kappa shape index (κ1) is 20.2. The number of carbonyl (C=O) groups is 1. The summed E-state index contributed by atoms with van der Waals surface area (Å²) in [6.45, 7) is 9.75. The second-order valence-corrected chi connectivity index (χ2v) is 7.74. The molecule has 0 radical (unpaired) electrons. The lowest BCUT2D eigenvalue weighted by Crippen LogP contribution is -2.38. The first-order valence-electron chi connectivity index (χ1n) is 9.75. The molecule has 0 aliphatic carbocycles. The standard InChI is InChI=1S/C23H27N3OS/c1-4-25(5-2)15-16-26(22(27)14-12-19-9-7-6-8-10-19)23-24-20-13-11-18(3)17-21(20)28-23/h6-14,17H,4-5,15-16H2,1-3H3/b14-12+. The van der Waals surface area contributed by atoms with Gasteiger partial charge in [-0.05, 0) is 49.3 Å². The van der Waals surface area contributed by atoms with Crippen LogP contribution in [0.2, 0.25) is 0 Å². The van der Waals surface area contributed by atoms with Crippen LogP contribution in [-0.4, -0.2) is 42.0 Å². The van der Waals surface area contributed by atoms with Crippen molar-refractivity contribution in [1.82, 2.24) is 9.88 Å². The van der Waals surface area contributed by atoms with Crippen LogP contribution in [0.1, 0.15) is 25.0 Å². The van der Waals surface area contributed by atoms with E-state index in [-0.39, 0.29) is 5.91 Å². The lowest BCUT2D eigenvalue weighted by Gasteiger charge is -2.23. The number of nitrogens with zero attached hydrogens (tertiary/aromatic N) is 3. The highest BCUT2D eigenvalue weighted by molar-refractivity contribution is 7.22. The van der Waals surface area contributed by atoms with Crippen molar-refractivity contribution in [2.45, 2.75) is 20.8 Å². The summed E-state index contributed by atoms with van der Waals surface area (Å²) in [6, 6.07) is 16.1. The molecule has 0 fully saturated rings. The number of rotatable bonds is 8. The minimum Gasteiger partial charge on any atom is -0.302 e. The van der Waals surface area contributed by atoms with Crippen molar-refractivity contribution in [2.75, 3.05) is 31.1 Å². The van der Waals surface area contributed by atoms with Crippen LogP contribution in [0.5, 0.6) is 0 Å². The Kier molecular flexibility index (Phi) is 6.95. The Morgan fingerprint density at radius 1 is 1.07 bits per heavy atom. The number of likely N-dealkylation sites (N-methyl/N-ethyl adjacent to an activating group) is 1. The molecule has 4 nitrogen and oxygen atoms in total. The van der Waals surface area contributed by atoms with Gasteiger partial charge in [-0.3, -0.25) is 9.69 Å². The smallest absolute Gasteiger partial charge is 0.252 e. The van der Waals surface area contributed by atoms with Crippen molar-refractivity contribution in [1.29, 1.82) is 0 Å². The summed E-state index contributed by atoms with van der Waals surface area (Å²) in [5, 5.41) is 0.760. The molecule has 0 spiro atoms. The molecule has 28 heavy (non-hydrogen) atoms. The van der Waals surface area contributed by atoms with Gasteiger partial charge in [0, 0.05) is 19.2 Å². The van der Waals surface area contributed by atoms with Gasteiger partial charge in [-0.15, -0.1) is 0 Å². The molecule has 0 atom stereocenters. The maximum Gasteiger partial charge on any atom is 0.252 e. The average Bonchev–Trinajstić information content (AvgIpc) is 3.13. The van der Waals surface area contributed by atoms with Crippen molar-refractivity contribution in [3.63, 3.8) is 0 Å². The Morgan fingerprint density at radius 2 is 1.82 bits per heavy atom. The molecule has 2 aromatic carbocycles. The molecule has 1 heterocycles. The molecule has 0 saturated heterocycles. The van der Waals surface area contributed by atoms with Gasteiger partial charge in [-0.25, -0.2) is 4.98 Å². The molecule has 0 saturated carbocycles. The van der Waals surface area contributed by atoms with E-state index in [9.17, 15) is 4.79 Å². The quantitative estimate of drug-likeness (QED) is 0.506. The third-order valence-corrected chi connectivity index (χ3v) is 5.82. The fourth-order valence-corrected chi connectivity index (χ4v) is 4.13. The molecule has 1 amide bonds. The van der Waals surface area contributed by atoms with Crippen molar-refractivity contribution < 1.29 is 4.79 Å². The summed E-state index contributed by atoms with van der Waals surface area (Å²) in [5.74, 6) is -0.0354. The Bertz CT molecular complexity index is 945. The molecule has 0 aliphatic rings. The molecular weight excluding hydrogens is 366 g/mol. The number of benzene rings is 2. The lowest BCUT2D eigenvalue weighted by molar-refractivity contribution is -0.114. The number of hydrogen-bond acceptors (Lipinski definition) is 4. The Balaban J connectivity index is 1.86. The normalized spacial score (nSPS) is 11.6. The molecule has 3 rings (SSSR count). The zero-order valence-corrected chi connectivity index (χ0v) is 17.6. The Labute approximate surface area is 171 Å². The molecule has 0 bridgehead atoms. The predicted octanol–water partition coefficient (Wildman–Crippen LogP) is 4.99. The second-order valence-electron chi connectivity index (χ2n) is 6.73. The number of carbonyl (C=O) groups excluding carboxylic acids is 1. The maximum absolute atomic E-state index is 13.0. The van der Waals surface area contributed by atoms with Crippen LogP contribution in [0, 0.1) is 6.92 Å². The van der Waals surface area contributed by atoms with E-state index >= 15 is 0 Å². The maximum atomic E-state index is 13.0. The Hall–Kier alpha value is -2.50. The number of thiazole rings is 1. The summed E-state index contributed by atoms with van der Waals surface area (Å²) in [5.41, 5.74) is 3.16. The molecule has 5 heteroatoms. The Morgan fingerprint density at radius 3 is 2.54 bits per heavy atom. The first-order chi connectivity index (χ1) is 13.6. The minimum atomic E-state index is -0.0354. The fraction of sp³-hybridized carbons (Fsp3) is 0.304. The van der Waals surface area contributed by atoms with Gasteiger partial charge in [-0.2, -0.15) is 0 Å². The molecule has 1 aromatic heterocycles. The van der Waals surface area contributed by atoms with Crippen LogP contribution >= 0.6 is 11.3 Å². The van der Waals surface area contributed by atoms with Crippen LogP contribution in [0.3, 0.4) is 0 Å². The highest BCUT2D eigenvalue weighted by atomic mass is 32.1. The summed E-state index contributed by atoms with van der Waals surface area (Å²) >= 11 is 1.58. The van der Waals surface area contributed by atoms with Crippen LogP contribution in [0.25, 0.3) is 16.3 Å². The highest BCUT2D eigenvalue weighted by Crippen LogP contribution is 2.29. The van der Waals surface area contributed by atoms with E-state index in [1.807, 2.05) is 42.5 Å². The fourth-order valence-electron chi connectivity index (χ4n) is 3.04. The van der Waals surface area contributed by atoms with E-state index in [2.05, 4.69) is 37.8 Å². The van der Waals surface area contributed by atoms with E-state index in [1.54, 1.807) is 22.3 Å². The summed E-state index contributed by atoms with van der Waals surface area (Å²) in [7, 11) is 0. The topological polar surface area (TPSA) is 36.4 Å². The third-order valence-electron chi connectivity index (χ3n) is 4.78. The van der Waals surface area contributed by atoms with Gasteiger partial charge in [0.2, 0.25) is 0 Å². The van der Waals surface area contributed by atoms with E-state index in [0.717, 1.165) is 40.5 Å². The van der Waals surface area contributed by atoms with Crippen LogP contribution in [0.15, 0.2) is 54.6 Å². The van der Waals surface area contributed by atoms with Crippen molar-refractivity contribution in [2.24, 2.45) is 0 Å². The SMILES string of the molecule is CCN(CC)CCN(C(=O)/C=C/c1ccccc1)c1nc2ccc(C)cc2s1. The predicted molar refractivity (Wildman–Crippen MR) is 120 cm³/mol. The third kappa shape index (κ3) is 5.06. The number of aryl methyl sites for hydroxylation is 1. The van der Waals surface area contributed by atoms with Gasteiger partial charge in [0.05, 0.1) is 10.2 Å². The van der Waals surface area contributed by atoms with Gasteiger partial charge < -0.3 is 4.90 Å². The minimum absolute atomic E-state index is 0.0354. The lowest BCUT2D eigenvalue weighted by atomic mass is 10.2. The van der Waals surface area contributed by atoms with Gasteiger partial charge >= 0.3 is 0 Å². The molecular formula is C23H27N3OS. The monoisotopic (exact) mass is 393 g/mol. The number of fused-ring (bicyclic) bond motifs is 1. The van der Waals surface area contributed by atoms with Crippen LogP contribution in [-0.2, 0) is 4.79 Å². The molecule has 0 unspecified atom stereocenters. The largest absolute Gasteiger partial charge is 0.302 e. The van der Waals surface area contributed by atoms with E-state index < -0.39 is 0 Å². The van der Waals surface area contributed by atoms with Crippen molar-refractivity contribution >= 4 is 38.7 Å². The summed E-state index contributed by atoms with van der Waals surface area (Å²) in [6.07, 6.45) is 3.51. The van der Waals surface area contributed by atoms with Crippen molar-refractivity contribution in [3.05, 3.63) is 65.7 Å². The van der Waals surface area contributed by atoms with E-state index in [4.69, 9.17) is 4.98 Å². The number of amides is 1. The second kappa shape index (κ2) is 9.62. The number of hydrogen-bond donors (Lipinski definition) is 0. The molecule has 0 aliphatic heterocycles. The van der Waals surface area contributed by atoms with Gasteiger partial charge in [-0.1, -0.05) is 61.6 Å². The summed E-state index contributed by atoms with van der Waals surface area (Å²) in [4.78, 5) is 21.9. The van der Waals surface area contributed by atoms with Crippen LogP contribution in [0.4, 0.5) is 5.13 Å². The molecule has 3 aromatic rings. The van der Waals surface area contributed by atoms with Gasteiger partial charge in [0.15, 0.2) is 5.13 Å². The highest BCUT2D eigenvalue weighted by Gasteiger charge is 2.18. The molecule has 0 N–H and O–H groups in total. The molecule has 146 valence electrons. The van der Waals surface area contributed by atoms with E-state index in [1.165, 1.54) is 5.56 Å². The zero-order chi connectivity index (χ0) is 19.9. The van der Waals surface area contributed by atoms with Crippen molar-refractivity contribution in [3.8, 4) is 0 Å².